The lowest BCUT2D eigenvalue weighted by Gasteiger charge is -2.15. The highest BCUT2D eigenvalue weighted by Crippen LogP contribution is 2.04. The molecule has 0 aliphatic rings. The van der Waals surface area contributed by atoms with E-state index in [4.69, 9.17) is 0 Å². The molecule has 0 aromatic carbocycles. The third-order valence-electron chi connectivity index (χ3n) is 2.04. The number of rotatable bonds is 4. The van der Waals surface area contributed by atoms with E-state index in [1.54, 1.807) is 12.3 Å². The summed E-state index contributed by atoms with van der Waals surface area (Å²) in [4.78, 5) is 8.16. The van der Waals surface area contributed by atoms with Crippen LogP contribution >= 0.6 is 0 Å². The van der Waals surface area contributed by atoms with E-state index in [0.29, 0.717) is 6.54 Å². The van der Waals surface area contributed by atoms with Gasteiger partial charge in [0.25, 0.3) is 0 Å². The number of hydrogen-bond acceptors (Lipinski definition) is 4. The summed E-state index contributed by atoms with van der Waals surface area (Å²) in [6.07, 6.45) is 1.36. The molecule has 14 heavy (non-hydrogen) atoms. The van der Waals surface area contributed by atoms with Crippen LogP contribution in [0.4, 0.5) is 5.82 Å². The van der Waals surface area contributed by atoms with E-state index in [1.165, 1.54) is 0 Å². The Morgan fingerprint density at radius 2 is 2.21 bits per heavy atom. The molecule has 0 fully saturated rings. The van der Waals surface area contributed by atoms with Gasteiger partial charge in [-0.25, -0.2) is 9.97 Å². The van der Waals surface area contributed by atoms with Crippen LogP contribution in [0.3, 0.4) is 0 Å². The predicted molar refractivity (Wildman–Crippen MR) is 56.1 cm³/mol. The summed E-state index contributed by atoms with van der Waals surface area (Å²) < 4.78 is 0. The van der Waals surface area contributed by atoms with Crippen LogP contribution < -0.4 is 5.32 Å². The molecule has 1 aromatic heterocycles. The van der Waals surface area contributed by atoms with Crippen LogP contribution in [0.2, 0.25) is 0 Å². The molecule has 0 bridgehead atoms. The third kappa shape index (κ3) is 3.30. The lowest BCUT2D eigenvalue weighted by Crippen LogP contribution is -2.25. The summed E-state index contributed by atoms with van der Waals surface area (Å²) in [5.74, 6) is 1.75. The molecule has 0 aliphatic carbocycles. The van der Waals surface area contributed by atoms with Gasteiger partial charge in [0, 0.05) is 12.7 Å². The molecule has 1 heterocycles. The van der Waals surface area contributed by atoms with Crippen molar-refractivity contribution in [1.29, 1.82) is 0 Å². The number of aliphatic hydroxyl groups excluding tert-OH is 1. The SMILES string of the molecule is Cc1nccc(NCC(O)C(C)C)n1. The second-order valence-electron chi connectivity index (χ2n) is 3.68. The fourth-order valence-electron chi connectivity index (χ4n) is 0.999. The Bertz CT molecular complexity index is 288. The Morgan fingerprint density at radius 3 is 2.79 bits per heavy atom. The first-order valence-electron chi connectivity index (χ1n) is 4.81. The lowest BCUT2D eigenvalue weighted by molar-refractivity contribution is 0.138. The Labute approximate surface area is 84.4 Å². The smallest absolute Gasteiger partial charge is 0.129 e. The highest BCUT2D eigenvalue weighted by atomic mass is 16.3. The first-order chi connectivity index (χ1) is 6.59. The molecule has 0 aliphatic heterocycles. The van der Waals surface area contributed by atoms with E-state index in [-0.39, 0.29) is 12.0 Å². The van der Waals surface area contributed by atoms with Gasteiger partial charge in [-0.1, -0.05) is 13.8 Å². The van der Waals surface area contributed by atoms with Crippen LogP contribution in [0.1, 0.15) is 19.7 Å². The van der Waals surface area contributed by atoms with Crippen LogP contribution in [-0.4, -0.2) is 27.7 Å². The maximum absolute atomic E-state index is 9.55. The molecule has 0 saturated carbocycles. The summed E-state index contributed by atoms with van der Waals surface area (Å²) >= 11 is 0. The molecule has 0 amide bonds. The van der Waals surface area contributed by atoms with Crippen LogP contribution in [0.5, 0.6) is 0 Å². The number of aromatic nitrogens is 2. The number of aryl methyl sites for hydroxylation is 1. The van der Waals surface area contributed by atoms with Gasteiger partial charge in [-0.05, 0) is 18.9 Å². The standard InChI is InChI=1S/C10H17N3O/c1-7(2)9(14)6-12-10-4-5-11-8(3)13-10/h4-5,7,9,14H,6H2,1-3H3,(H,11,12,13). The van der Waals surface area contributed by atoms with Gasteiger partial charge in [0.1, 0.15) is 11.6 Å². The zero-order valence-electron chi connectivity index (χ0n) is 8.86. The second-order valence-corrected chi connectivity index (χ2v) is 3.68. The molecule has 1 atom stereocenters. The highest BCUT2D eigenvalue weighted by molar-refractivity contribution is 5.32. The van der Waals surface area contributed by atoms with Gasteiger partial charge >= 0.3 is 0 Å². The van der Waals surface area contributed by atoms with E-state index in [2.05, 4.69) is 15.3 Å². The number of hydrogen-bond donors (Lipinski definition) is 2. The molecule has 2 N–H and O–H groups in total. The van der Waals surface area contributed by atoms with Crippen molar-refractivity contribution in [2.75, 3.05) is 11.9 Å². The number of nitrogens with one attached hydrogen (secondary N) is 1. The summed E-state index contributed by atoms with van der Waals surface area (Å²) in [7, 11) is 0. The van der Waals surface area contributed by atoms with Crippen molar-refractivity contribution >= 4 is 5.82 Å². The fourth-order valence-corrected chi connectivity index (χ4v) is 0.999. The molecule has 1 unspecified atom stereocenters. The molecule has 78 valence electrons. The zero-order chi connectivity index (χ0) is 10.6. The monoisotopic (exact) mass is 195 g/mol. The van der Waals surface area contributed by atoms with Crippen molar-refractivity contribution in [1.82, 2.24) is 9.97 Å². The first kappa shape index (κ1) is 10.9. The quantitative estimate of drug-likeness (QED) is 0.758. The van der Waals surface area contributed by atoms with Crippen molar-refractivity contribution < 1.29 is 5.11 Å². The van der Waals surface area contributed by atoms with Crippen molar-refractivity contribution in [2.24, 2.45) is 5.92 Å². The Hall–Kier alpha value is -1.16. The second kappa shape index (κ2) is 4.91. The van der Waals surface area contributed by atoms with Gasteiger partial charge in [-0.3, -0.25) is 0 Å². The van der Waals surface area contributed by atoms with Gasteiger partial charge in [-0.15, -0.1) is 0 Å². The summed E-state index contributed by atoms with van der Waals surface area (Å²) in [6.45, 7) is 6.33. The van der Waals surface area contributed by atoms with E-state index in [1.807, 2.05) is 20.8 Å². The molecule has 0 spiro atoms. The summed E-state index contributed by atoms with van der Waals surface area (Å²) in [5, 5.41) is 12.6. The van der Waals surface area contributed by atoms with Gasteiger partial charge in [0.05, 0.1) is 6.10 Å². The molecule has 1 rings (SSSR count). The van der Waals surface area contributed by atoms with E-state index >= 15 is 0 Å². The van der Waals surface area contributed by atoms with Gasteiger partial charge < -0.3 is 10.4 Å². The Balaban J connectivity index is 2.45. The minimum Gasteiger partial charge on any atom is -0.391 e. The first-order valence-corrected chi connectivity index (χ1v) is 4.81. The fraction of sp³-hybridized carbons (Fsp3) is 0.600. The van der Waals surface area contributed by atoms with Crippen molar-refractivity contribution in [3.05, 3.63) is 18.1 Å². The molecule has 4 heteroatoms. The molecule has 0 radical (unpaired) electrons. The minimum atomic E-state index is -0.342. The summed E-state index contributed by atoms with van der Waals surface area (Å²) in [5.41, 5.74) is 0. The minimum absolute atomic E-state index is 0.255. The van der Waals surface area contributed by atoms with Gasteiger partial charge in [0.15, 0.2) is 0 Å². The maximum Gasteiger partial charge on any atom is 0.129 e. The number of anilines is 1. The Morgan fingerprint density at radius 1 is 1.50 bits per heavy atom. The van der Waals surface area contributed by atoms with Crippen LogP contribution in [-0.2, 0) is 0 Å². The van der Waals surface area contributed by atoms with Crippen LogP contribution in [0.15, 0.2) is 12.3 Å². The van der Waals surface area contributed by atoms with Gasteiger partial charge in [-0.2, -0.15) is 0 Å². The largest absolute Gasteiger partial charge is 0.391 e. The van der Waals surface area contributed by atoms with Crippen molar-refractivity contribution in [2.45, 2.75) is 26.9 Å². The van der Waals surface area contributed by atoms with Crippen LogP contribution in [0.25, 0.3) is 0 Å². The lowest BCUT2D eigenvalue weighted by atomic mass is 10.1. The zero-order valence-corrected chi connectivity index (χ0v) is 8.86. The average molecular weight is 195 g/mol. The Kier molecular flexibility index (Phi) is 3.83. The molecule has 0 saturated heterocycles. The number of aliphatic hydroxyl groups is 1. The van der Waals surface area contributed by atoms with Crippen molar-refractivity contribution in [3.63, 3.8) is 0 Å². The molecule has 1 aromatic rings. The predicted octanol–water partition coefficient (Wildman–Crippen LogP) is 1.21. The molecular formula is C10H17N3O. The highest BCUT2D eigenvalue weighted by Gasteiger charge is 2.08. The third-order valence-corrected chi connectivity index (χ3v) is 2.04. The van der Waals surface area contributed by atoms with Crippen LogP contribution in [0, 0.1) is 12.8 Å². The molecular weight excluding hydrogens is 178 g/mol. The average Bonchev–Trinajstić information content (AvgIpc) is 2.14. The summed E-state index contributed by atoms with van der Waals surface area (Å²) in [6, 6.07) is 1.79. The maximum atomic E-state index is 9.55. The molecule has 4 nitrogen and oxygen atoms in total. The van der Waals surface area contributed by atoms with E-state index in [9.17, 15) is 5.11 Å². The number of nitrogens with zero attached hydrogens (tertiary/aromatic N) is 2. The van der Waals surface area contributed by atoms with Crippen molar-refractivity contribution in [3.8, 4) is 0 Å². The topological polar surface area (TPSA) is 58.0 Å². The normalized spacial score (nSPS) is 12.9. The van der Waals surface area contributed by atoms with E-state index < -0.39 is 0 Å². The van der Waals surface area contributed by atoms with E-state index in [0.717, 1.165) is 11.6 Å². The van der Waals surface area contributed by atoms with Gasteiger partial charge in [0.2, 0.25) is 0 Å².